The van der Waals surface area contributed by atoms with Crippen molar-refractivity contribution in [2.45, 2.75) is 44.3 Å². The van der Waals surface area contributed by atoms with Gasteiger partial charge in [-0.05, 0) is 44.5 Å². The van der Waals surface area contributed by atoms with E-state index < -0.39 is 46.2 Å². The third-order valence-electron chi connectivity index (χ3n) is 3.66. The SMILES string of the molecule is C=C[C@@](COC(C)(C)C)(N=Cc1cc(C(F)(F)F)cc(C(F)(F)F)c1)C(=O)OC. The lowest BCUT2D eigenvalue weighted by molar-refractivity contribution is -0.149. The number of benzene rings is 1. The second-order valence-corrected chi connectivity index (χ2v) is 7.12. The number of aliphatic imine (C=N–C) groups is 1. The number of nitrogens with zero attached hydrogens (tertiary/aromatic N) is 1. The molecule has 0 heterocycles. The van der Waals surface area contributed by atoms with Gasteiger partial charge in [0.1, 0.15) is 0 Å². The Hall–Kier alpha value is -2.36. The third-order valence-corrected chi connectivity index (χ3v) is 3.66. The van der Waals surface area contributed by atoms with Gasteiger partial charge in [-0.1, -0.05) is 12.7 Å². The molecule has 0 spiro atoms. The molecule has 0 unspecified atom stereocenters. The zero-order valence-electron chi connectivity index (χ0n) is 16.2. The molecule has 0 N–H and O–H groups in total. The molecule has 0 aliphatic carbocycles. The van der Waals surface area contributed by atoms with Crippen molar-refractivity contribution in [2.24, 2.45) is 4.99 Å². The summed E-state index contributed by atoms with van der Waals surface area (Å²) < 4.78 is 88.1. The summed E-state index contributed by atoms with van der Waals surface area (Å²) in [6.45, 7) is 8.15. The zero-order valence-corrected chi connectivity index (χ0v) is 16.2. The summed E-state index contributed by atoms with van der Waals surface area (Å²) in [5.41, 5.74) is -6.06. The maximum absolute atomic E-state index is 13.0. The van der Waals surface area contributed by atoms with Crippen LogP contribution in [0.4, 0.5) is 26.3 Å². The van der Waals surface area contributed by atoms with Crippen molar-refractivity contribution in [3.05, 3.63) is 47.5 Å². The quantitative estimate of drug-likeness (QED) is 0.277. The molecule has 0 saturated heterocycles. The summed E-state index contributed by atoms with van der Waals surface area (Å²) in [7, 11) is 1.05. The van der Waals surface area contributed by atoms with Crippen LogP contribution >= 0.6 is 0 Å². The highest BCUT2D eigenvalue weighted by Crippen LogP contribution is 2.36. The Kier molecular flexibility index (Phi) is 7.29. The molecule has 0 aliphatic heterocycles. The first kappa shape index (κ1) is 24.7. The van der Waals surface area contributed by atoms with E-state index in [-0.39, 0.29) is 12.7 Å². The predicted octanol–water partition coefficient (Wildman–Crippen LogP) is 5.06. The van der Waals surface area contributed by atoms with Gasteiger partial charge in [0.25, 0.3) is 0 Å². The minimum Gasteiger partial charge on any atom is -0.467 e. The van der Waals surface area contributed by atoms with Gasteiger partial charge in [-0.3, -0.25) is 4.99 Å². The lowest BCUT2D eigenvalue weighted by Gasteiger charge is -2.28. The van der Waals surface area contributed by atoms with Crippen molar-refractivity contribution in [1.82, 2.24) is 0 Å². The number of methoxy groups -OCH3 is 1. The van der Waals surface area contributed by atoms with Crippen LogP contribution in [0.1, 0.15) is 37.5 Å². The van der Waals surface area contributed by atoms with Crippen molar-refractivity contribution in [1.29, 1.82) is 0 Å². The Labute approximate surface area is 164 Å². The number of carbonyl (C=O) groups is 1. The van der Waals surface area contributed by atoms with E-state index in [2.05, 4.69) is 16.3 Å². The fourth-order valence-corrected chi connectivity index (χ4v) is 2.09. The highest BCUT2D eigenvalue weighted by molar-refractivity contribution is 5.89. The summed E-state index contributed by atoms with van der Waals surface area (Å²) in [4.78, 5) is 16.1. The Morgan fingerprint density at radius 2 is 1.52 bits per heavy atom. The highest BCUT2D eigenvalue weighted by Gasteiger charge is 2.39. The van der Waals surface area contributed by atoms with Gasteiger partial charge < -0.3 is 9.47 Å². The lowest BCUT2D eigenvalue weighted by atomic mass is 10.0. The van der Waals surface area contributed by atoms with E-state index in [0.29, 0.717) is 12.1 Å². The van der Waals surface area contributed by atoms with E-state index in [9.17, 15) is 31.1 Å². The van der Waals surface area contributed by atoms with E-state index in [1.54, 1.807) is 20.8 Å². The summed E-state index contributed by atoms with van der Waals surface area (Å²) in [5.74, 6) is -0.934. The number of carbonyl (C=O) groups excluding carboxylic acids is 1. The van der Waals surface area contributed by atoms with Gasteiger partial charge in [0.15, 0.2) is 5.54 Å². The zero-order chi connectivity index (χ0) is 22.7. The van der Waals surface area contributed by atoms with E-state index in [4.69, 9.17) is 4.74 Å². The molecule has 0 saturated carbocycles. The number of hydrogen-bond donors (Lipinski definition) is 0. The second kappa shape index (κ2) is 8.56. The molecule has 162 valence electrons. The number of rotatable bonds is 6. The minimum atomic E-state index is -5.00. The number of hydrogen-bond acceptors (Lipinski definition) is 4. The van der Waals surface area contributed by atoms with Gasteiger partial charge in [0, 0.05) is 6.21 Å². The monoisotopic (exact) mass is 425 g/mol. The molecular formula is C19H21F6NO3. The molecule has 0 fully saturated rings. The van der Waals surface area contributed by atoms with Gasteiger partial charge in [0.2, 0.25) is 0 Å². The highest BCUT2D eigenvalue weighted by atomic mass is 19.4. The summed E-state index contributed by atoms with van der Waals surface area (Å²) in [6, 6.07) is 0.990. The molecule has 0 bridgehead atoms. The lowest BCUT2D eigenvalue weighted by Crippen LogP contribution is -2.43. The average Bonchev–Trinajstić information content (AvgIpc) is 2.59. The van der Waals surface area contributed by atoms with E-state index in [1.807, 2.05) is 0 Å². The molecule has 0 radical (unpaired) electrons. The fourth-order valence-electron chi connectivity index (χ4n) is 2.09. The van der Waals surface area contributed by atoms with Crippen LogP contribution in [-0.4, -0.2) is 37.0 Å². The topological polar surface area (TPSA) is 47.9 Å². The first-order valence-electron chi connectivity index (χ1n) is 8.25. The number of halogens is 6. The summed E-state index contributed by atoms with van der Waals surface area (Å²) in [6.07, 6.45) is -8.22. The van der Waals surface area contributed by atoms with Gasteiger partial charge in [-0.25, -0.2) is 4.79 Å². The van der Waals surface area contributed by atoms with Crippen molar-refractivity contribution in [3.63, 3.8) is 0 Å². The number of alkyl halides is 6. The van der Waals surface area contributed by atoms with Crippen molar-refractivity contribution >= 4 is 12.2 Å². The smallest absolute Gasteiger partial charge is 0.416 e. The standard InChI is InChI=1S/C19H21F6NO3/c1-6-17(15(27)28-5,11-29-16(2,3)4)26-10-12-7-13(18(20,21)22)9-14(8-12)19(23,24)25/h6-10H,1,11H2,2-5H3/t17-/m0/s1. The second-order valence-electron chi connectivity index (χ2n) is 7.12. The minimum absolute atomic E-state index is 0.00110. The Balaban J connectivity index is 3.47. The molecule has 0 aliphatic rings. The van der Waals surface area contributed by atoms with Crippen LogP contribution in [0, 0.1) is 0 Å². The first-order chi connectivity index (χ1) is 13.0. The van der Waals surface area contributed by atoms with Crippen LogP contribution in [0.15, 0.2) is 35.8 Å². The van der Waals surface area contributed by atoms with Crippen molar-refractivity contribution in [2.75, 3.05) is 13.7 Å². The summed E-state index contributed by atoms with van der Waals surface area (Å²) >= 11 is 0. The van der Waals surface area contributed by atoms with Gasteiger partial charge >= 0.3 is 18.3 Å². The molecule has 10 heteroatoms. The van der Waals surface area contributed by atoms with Gasteiger partial charge in [-0.15, -0.1) is 0 Å². The molecule has 1 rings (SSSR count). The van der Waals surface area contributed by atoms with Crippen molar-refractivity contribution in [3.8, 4) is 0 Å². The van der Waals surface area contributed by atoms with Crippen LogP contribution in [0.3, 0.4) is 0 Å². The van der Waals surface area contributed by atoms with Crippen molar-refractivity contribution < 1.29 is 40.6 Å². The molecule has 0 amide bonds. The molecule has 29 heavy (non-hydrogen) atoms. The molecule has 4 nitrogen and oxygen atoms in total. The normalized spacial score (nSPS) is 15.2. The first-order valence-corrected chi connectivity index (χ1v) is 8.25. The molecular weight excluding hydrogens is 404 g/mol. The average molecular weight is 425 g/mol. The Morgan fingerprint density at radius 1 is 1.03 bits per heavy atom. The van der Waals surface area contributed by atoms with E-state index in [0.717, 1.165) is 19.4 Å². The summed E-state index contributed by atoms with van der Waals surface area (Å²) in [5, 5.41) is 0. The molecule has 1 aromatic carbocycles. The molecule has 1 atom stereocenters. The van der Waals surface area contributed by atoms with Crippen LogP contribution in [-0.2, 0) is 26.6 Å². The largest absolute Gasteiger partial charge is 0.467 e. The van der Waals surface area contributed by atoms with Crippen LogP contribution in [0.25, 0.3) is 0 Å². The van der Waals surface area contributed by atoms with Crippen LogP contribution in [0.5, 0.6) is 0 Å². The maximum Gasteiger partial charge on any atom is 0.416 e. The molecule has 1 aromatic rings. The van der Waals surface area contributed by atoms with E-state index in [1.165, 1.54) is 0 Å². The Bertz CT molecular complexity index is 745. The number of esters is 1. The number of ether oxygens (including phenoxy) is 2. The fraction of sp³-hybridized carbons (Fsp3) is 0.474. The maximum atomic E-state index is 13.0. The Morgan fingerprint density at radius 3 is 1.86 bits per heavy atom. The molecule has 0 aromatic heterocycles. The van der Waals surface area contributed by atoms with Gasteiger partial charge in [0.05, 0.1) is 30.4 Å². The van der Waals surface area contributed by atoms with Crippen LogP contribution < -0.4 is 0 Å². The van der Waals surface area contributed by atoms with Crippen LogP contribution in [0.2, 0.25) is 0 Å². The predicted molar refractivity (Wildman–Crippen MR) is 94.7 cm³/mol. The van der Waals surface area contributed by atoms with Gasteiger partial charge in [-0.2, -0.15) is 26.3 Å². The van der Waals surface area contributed by atoms with E-state index >= 15 is 0 Å². The third kappa shape index (κ3) is 6.88.